The van der Waals surface area contributed by atoms with Crippen molar-refractivity contribution in [2.24, 2.45) is 0 Å². The Hall–Kier alpha value is -3.78. The Morgan fingerprint density at radius 3 is 2.34 bits per heavy atom. The van der Waals surface area contributed by atoms with Gasteiger partial charge in [0.2, 0.25) is 0 Å². The molecule has 0 saturated carbocycles. The molecular weight excluding hydrogens is 408 g/mol. The first-order chi connectivity index (χ1) is 15.5. The summed E-state index contributed by atoms with van der Waals surface area (Å²) in [4.78, 5) is 36.9. The molecule has 32 heavy (non-hydrogen) atoms. The summed E-state index contributed by atoms with van der Waals surface area (Å²) in [5.74, 6) is -0.592. The number of nitrogens with one attached hydrogen (secondary N) is 2. The summed E-state index contributed by atoms with van der Waals surface area (Å²) in [7, 11) is 0. The molecule has 8 nitrogen and oxygen atoms in total. The lowest BCUT2D eigenvalue weighted by Crippen LogP contribution is -2.49. The summed E-state index contributed by atoms with van der Waals surface area (Å²) in [5.41, 5.74) is 1.35. The molecule has 1 heterocycles. The van der Waals surface area contributed by atoms with E-state index in [9.17, 15) is 19.7 Å². The number of carbonyl (C=O) groups is 2. The van der Waals surface area contributed by atoms with Gasteiger partial charge in [-0.05, 0) is 47.4 Å². The van der Waals surface area contributed by atoms with Crippen molar-refractivity contribution in [2.75, 3.05) is 13.1 Å². The third-order valence-corrected chi connectivity index (χ3v) is 5.71. The van der Waals surface area contributed by atoms with Crippen LogP contribution in [-0.2, 0) is 6.54 Å². The number of hydrogen-bond acceptors (Lipinski definition) is 5. The van der Waals surface area contributed by atoms with Crippen LogP contribution in [0, 0.1) is 10.1 Å². The topological polar surface area (TPSA) is 105 Å². The predicted molar refractivity (Wildman–Crippen MR) is 121 cm³/mol. The Kier molecular flexibility index (Phi) is 6.42. The fourth-order valence-corrected chi connectivity index (χ4v) is 3.96. The highest BCUT2D eigenvalue weighted by atomic mass is 16.6. The molecule has 8 heteroatoms. The van der Waals surface area contributed by atoms with E-state index in [1.54, 1.807) is 0 Å². The Balaban J connectivity index is 1.23. The molecule has 4 rings (SSSR count). The number of hydrogen-bond donors (Lipinski definition) is 2. The van der Waals surface area contributed by atoms with Crippen LogP contribution >= 0.6 is 0 Å². The second-order valence-electron chi connectivity index (χ2n) is 7.96. The molecule has 3 amide bonds. The molecule has 3 aromatic carbocycles. The first kappa shape index (κ1) is 21.5. The van der Waals surface area contributed by atoms with E-state index in [1.165, 1.54) is 40.6 Å². The smallest absolute Gasteiger partial charge is 0.321 e. The summed E-state index contributed by atoms with van der Waals surface area (Å²) in [6.45, 7) is 2.57. The fraction of sp³-hybridized carbons (Fsp3) is 0.250. The number of nitrogens with zero attached hydrogens (tertiary/aromatic N) is 2. The molecule has 1 aliphatic rings. The average Bonchev–Trinajstić information content (AvgIpc) is 2.80. The van der Waals surface area contributed by atoms with Crippen molar-refractivity contribution in [2.45, 2.75) is 25.4 Å². The second kappa shape index (κ2) is 9.57. The summed E-state index contributed by atoms with van der Waals surface area (Å²) in [6, 6.07) is 19.4. The number of urea groups is 1. The van der Waals surface area contributed by atoms with Crippen LogP contribution in [0.2, 0.25) is 0 Å². The highest BCUT2D eigenvalue weighted by Crippen LogP contribution is 2.19. The molecule has 0 unspecified atom stereocenters. The number of nitro groups is 1. The molecule has 3 aromatic rings. The minimum absolute atomic E-state index is 0.00693. The number of piperidine rings is 1. The standard InChI is InChI=1S/C24H24N4O4/c29-23(19-7-9-22(10-8-19)28(31)32)26-24(30)25-21-11-13-27(14-12-21)16-17-5-6-18-3-1-2-4-20(18)15-17/h1-10,15,21H,11-14,16H2,(H2,25,26,29,30). The van der Waals surface area contributed by atoms with Gasteiger partial charge in [-0.3, -0.25) is 25.1 Å². The van der Waals surface area contributed by atoms with Crippen molar-refractivity contribution in [1.29, 1.82) is 0 Å². The van der Waals surface area contributed by atoms with Crippen LogP contribution < -0.4 is 10.6 Å². The van der Waals surface area contributed by atoms with Crippen molar-refractivity contribution in [1.82, 2.24) is 15.5 Å². The van der Waals surface area contributed by atoms with Gasteiger partial charge in [0, 0.05) is 43.4 Å². The van der Waals surface area contributed by atoms with Crippen LogP contribution in [0.5, 0.6) is 0 Å². The molecule has 0 aromatic heterocycles. The number of rotatable bonds is 5. The van der Waals surface area contributed by atoms with E-state index in [4.69, 9.17) is 0 Å². The second-order valence-corrected chi connectivity index (χ2v) is 7.96. The number of benzene rings is 3. The molecule has 0 radical (unpaired) electrons. The molecule has 2 N–H and O–H groups in total. The van der Waals surface area contributed by atoms with Gasteiger partial charge in [0.15, 0.2) is 0 Å². The maximum absolute atomic E-state index is 12.2. The average molecular weight is 432 g/mol. The molecule has 0 atom stereocenters. The van der Waals surface area contributed by atoms with Crippen molar-refractivity contribution in [3.8, 4) is 0 Å². The van der Waals surface area contributed by atoms with Crippen LogP contribution in [0.1, 0.15) is 28.8 Å². The van der Waals surface area contributed by atoms with E-state index in [-0.39, 0.29) is 17.3 Å². The number of fused-ring (bicyclic) bond motifs is 1. The van der Waals surface area contributed by atoms with Crippen molar-refractivity contribution < 1.29 is 14.5 Å². The number of likely N-dealkylation sites (tertiary alicyclic amines) is 1. The summed E-state index contributed by atoms with van der Waals surface area (Å²) < 4.78 is 0. The number of imide groups is 1. The molecule has 0 bridgehead atoms. The molecule has 0 aliphatic carbocycles. The SMILES string of the molecule is O=C(NC(=O)c1ccc([N+](=O)[O-])cc1)NC1CCN(Cc2ccc3ccccc3c2)CC1. The van der Waals surface area contributed by atoms with E-state index >= 15 is 0 Å². The zero-order valence-electron chi connectivity index (χ0n) is 17.5. The van der Waals surface area contributed by atoms with Gasteiger partial charge in [-0.15, -0.1) is 0 Å². The maximum Gasteiger partial charge on any atom is 0.321 e. The van der Waals surface area contributed by atoms with Crippen LogP contribution in [0.3, 0.4) is 0 Å². The minimum atomic E-state index is -0.592. The van der Waals surface area contributed by atoms with Gasteiger partial charge in [-0.1, -0.05) is 36.4 Å². The van der Waals surface area contributed by atoms with Gasteiger partial charge < -0.3 is 5.32 Å². The Morgan fingerprint density at radius 2 is 1.66 bits per heavy atom. The van der Waals surface area contributed by atoms with Gasteiger partial charge in [0.25, 0.3) is 11.6 Å². The van der Waals surface area contributed by atoms with Crippen LogP contribution in [0.25, 0.3) is 10.8 Å². The van der Waals surface area contributed by atoms with Crippen molar-refractivity contribution in [3.63, 3.8) is 0 Å². The van der Waals surface area contributed by atoms with Gasteiger partial charge in [-0.2, -0.15) is 0 Å². The lowest BCUT2D eigenvalue weighted by atomic mass is 10.0. The number of nitro benzene ring substituents is 1. The summed E-state index contributed by atoms with van der Waals surface area (Å²) in [5, 5.41) is 18.3. The van der Waals surface area contributed by atoms with Gasteiger partial charge in [0.05, 0.1) is 4.92 Å². The molecule has 0 spiro atoms. The number of non-ortho nitro benzene ring substituents is 1. The van der Waals surface area contributed by atoms with Crippen LogP contribution in [0.4, 0.5) is 10.5 Å². The minimum Gasteiger partial charge on any atom is -0.335 e. The van der Waals surface area contributed by atoms with E-state index < -0.39 is 16.9 Å². The van der Waals surface area contributed by atoms with Gasteiger partial charge in [0.1, 0.15) is 0 Å². The summed E-state index contributed by atoms with van der Waals surface area (Å²) in [6.07, 6.45) is 1.60. The molecule has 1 aliphatic heterocycles. The highest BCUT2D eigenvalue weighted by Gasteiger charge is 2.22. The third kappa shape index (κ3) is 5.28. The largest absolute Gasteiger partial charge is 0.335 e. The van der Waals surface area contributed by atoms with Crippen LogP contribution in [-0.4, -0.2) is 40.9 Å². The lowest BCUT2D eigenvalue weighted by molar-refractivity contribution is -0.384. The monoisotopic (exact) mass is 432 g/mol. The number of amides is 3. The zero-order valence-corrected chi connectivity index (χ0v) is 17.5. The maximum atomic E-state index is 12.2. The van der Waals surface area contributed by atoms with Crippen molar-refractivity contribution in [3.05, 3.63) is 88.0 Å². The summed E-state index contributed by atoms with van der Waals surface area (Å²) >= 11 is 0. The Morgan fingerprint density at radius 1 is 0.969 bits per heavy atom. The molecular formula is C24H24N4O4. The van der Waals surface area contributed by atoms with Crippen LogP contribution in [0.15, 0.2) is 66.7 Å². The zero-order chi connectivity index (χ0) is 22.5. The van der Waals surface area contributed by atoms with E-state index in [2.05, 4.69) is 45.9 Å². The van der Waals surface area contributed by atoms with E-state index in [0.29, 0.717) is 0 Å². The first-order valence-electron chi connectivity index (χ1n) is 10.5. The van der Waals surface area contributed by atoms with Gasteiger partial charge >= 0.3 is 6.03 Å². The fourth-order valence-electron chi connectivity index (χ4n) is 3.96. The molecule has 164 valence electrons. The predicted octanol–water partition coefficient (Wildman–Crippen LogP) is 3.85. The quantitative estimate of drug-likeness (QED) is 0.471. The van der Waals surface area contributed by atoms with Gasteiger partial charge in [-0.25, -0.2) is 4.79 Å². The van der Waals surface area contributed by atoms with Crippen molar-refractivity contribution >= 4 is 28.4 Å². The third-order valence-electron chi connectivity index (χ3n) is 5.71. The normalized spacial score (nSPS) is 14.8. The lowest BCUT2D eigenvalue weighted by Gasteiger charge is -2.32. The first-order valence-corrected chi connectivity index (χ1v) is 10.5. The Labute approximate surface area is 185 Å². The van der Waals surface area contributed by atoms with E-state index in [0.717, 1.165) is 32.5 Å². The Bertz CT molecular complexity index is 1140. The molecule has 1 saturated heterocycles. The number of carbonyl (C=O) groups excluding carboxylic acids is 2. The molecule has 1 fully saturated rings. The van der Waals surface area contributed by atoms with E-state index in [1.807, 2.05) is 12.1 Å². The highest BCUT2D eigenvalue weighted by molar-refractivity contribution is 6.04.